The molecule has 6 heteroatoms. The van der Waals surface area contributed by atoms with Gasteiger partial charge in [0.2, 0.25) is 0 Å². The van der Waals surface area contributed by atoms with Crippen molar-refractivity contribution in [3.8, 4) is 11.3 Å². The van der Waals surface area contributed by atoms with Gasteiger partial charge in [0.15, 0.2) is 0 Å². The fourth-order valence-corrected chi connectivity index (χ4v) is 3.23. The number of aromatic nitrogens is 1. The molecule has 0 bridgehead atoms. The summed E-state index contributed by atoms with van der Waals surface area (Å²) in [5.41, 5.74) is 3.18. The van der Waals surface area contributed by atoms with Gasteiger partial charge in [0, 0.05) is 12.7 Å². The summed E-state index contributed by atoms with van der Waals surface area (Å²) >= 11 is 6.14. The van der Waals surface area contributed by atoms with Crippen molar-refractivity contribution in [3.63, 3.8) is 0 Å². The molecule has 0 spiro atoms. The van der Waals surface area contributed by atoms with Gasteiger partial charge in [-0.3, -0.25) is 4.79 Å². The van der Waals surface area contributed by atoms with Crippen molar-refractivity contribution in [2.24, 2.45) is 0 Å². The van der Waals surface area contributed by atoms with E-state index in [0.29, 0.717) is 5.76 Å². The topological polar surface area (TPSA) is 46.3 Å². The Labute approximate surface area is 156 Å². The molecule has 0 unspecified atom stereocenters. The molecule has 0 saturated heterocycles. The fourth-order valence-electron chi connectivity index (χ4n) is 2.98. The third kappa shape index (κ3) is 3.10. The molecule has 0 N–H and O–H groups in total. The average Bonchev–Trinajstić information content (AvgIpc) is 2.95. The van der Waals surface area contributed by atoms with Crippen molar-refractivity contribution < 1.29 is 13.7 Å². The SMILES string of the molecule is Cc1ccc(N(C)C(=O)c2c(-c3c(F)cccc3Cl)noc2C)c(C)c1. The third-order valence-electron chi connectivity index (χ3n) is 4.29. The van der Waals surface area contributed by atoms with Gasteiger partial charge in [-0.2, -0.15) is 0 Å². The summed E-state index contributed by atoms with van der Waals surface area (Å²) in [6.07, 6.45) is 0. The van der Waals surface area contributed by atoms with Gasteiger partial charge in [0.1, 0.15) is 22.8 Å². The number of carbonyl (C=O) groups excluding carboxylic acids is 1. The van der Waals surface area contributed by atoms with Crippen LogP contribution in [-0.4, -0.2) is 18.1 Å². The molecular weight excluding hydrogens is 355 g/mol. The molecule has 3 rings (SSSR count). The summed E-state index contributed by atoms with van der Waals surface area (Å²) < 4.78 is 19.5. The zero-order valence-electron chi connectivity index (χ0n) is 14.9. The lowest BCUT2D eigenvalue weighted by molar-refractivity contribution is 0.0992. The quantitative estimate of drug-likeness (QED) is 0.623. The first-order valence-corrected chi connectivity index (χ1v) is 8.45. The lowest BCUT2D eigenvalue weighted by atomic mass is 10.0. The summed E-state index contributed by atoms with van der Waals surface area (Å²) in [6.45, 7) is 5.54. The Morgan fingerprint density at radius 3 is 2.58 bits per heavy atom. The first-order valence-electron chi connectivity index (χ1n) is 8.07. The molecule has 26 heavy (non-hydrogen) atoms. The van der Waals surface area contributed by atoms with E-state index >= 15 is 0 Å². The standard InChI is InChI=1S/C20H18ClFN2O2/c1-11-8-9-16(12(2)10-11)24(4)20(25)17-13(3)26-23-19(17)18-14(21)6-5-7-15(18)22/h5-10H,1-4H3. The summed E-state index contributed by atoms with van der Waals surface area (Å²) in [6, 6.07) is 10.1. The number of carbonyl (C=O) groups is 1. The molecule has 0 fully saturated rings. The number of halogens is 2. The van der Waals surface area contributed by atoms with E-state index in [9.17, 15) is 9.18 Å². The largest absolute Gasteiger partial charge is 0.360 e. The summed E-state index contributed by atoms with van der Waals surface area (Å²) in [4.78, 5) is 14.6. The highest BCUT2D eigenvalue weighted by molar-refractivity contribution is 6.33. The Bertz CT molecular complexity index is 977. The maximum Gasteiger partial charge on any atom is 0.263 e. The van der Waals surface area contributed by atoms with Crippen LogP contribution in [0, 0.1) is 26.6 Å². The number of hydrogen-bond donors (Lipinski definition) is 0. The van der Waals surface area contributed by atoms with E-state index in [1.54, 1.807) is 20.0 Å². The van der Waals surface area contributed by atoms with Crippen molar-refractivity contribution in [1.29, 1.82) is 0 Å². The zero-order valence-corrected chi connectivity index (χ0v) is 15.7. The van der Waals surface area contributed by atoms with Crippen LogP contribution in [0.5, 0.6) is 0 Å². The molecular formula is C20H18ClFN2O2. The second-order valence-electron chi connectivity index (χ2n) is 6.21. The van der Waals surface area contributed by atoms with E-state index < -0.39 is 5.82 Å². The van der Waals surface area contributed by atoms with Gasteiger partial charge in [-0.25, -0.2) is 4.39 Å². The van der Waals surface area contributed by atoms with Crippen LogP contribution < -0.4 is 4.90 Å². The first kappa shape index (κ1) is 18.1. The van der Waals surface area contributed by atoms with Gasteiger partial charge >= 0.3 is 0 Å². The lowest BCUT2D eigenvalue weighted by Crippen LogP contribution is -2.27. The highest BCUT2D eigenvalue weighted by atomic mass is 35.5. The summed E-state index contributed by atoms with van der Waals surface area (Å²) in [7, 11) is 1.67. The average molecular weight is 373 g/mol. The number of amides is 1. The van der Waals surface area contributed by atoms with E-state index in [1.165, 1.54) is 17.0 Å². The van der Waals surface area contributed by atoms with Crippen LogP contribution in [0.3, 0.4) is 0 Å². The van der Waals surface area contributed by atoms with Gasteiger partial charge in [-0.15, -0.1) is 0 Å². The van der Waals surface area contributed by atoms with Crippen molar-refractivity contribution >= 4 is 23.2 Å². The number of benzene rings is 2. The molecule has 1 amide bonds. The van der Waals surface area contributed by atoms with Crippen molar-refractivity contribution in [3.05, 3.63) is 69.7 Å². The first-order chi connectivity index (χ1) is 12.3. The van der Waals surface area contributed by atoms with Crippen molar-refractivity contribution in [1.82, 2.24) is 5.16 Å². The molecule has 0 aliphatic carbocycles. The normalized spacial score (nSPS) is 10.8. The molecule has 1 aromatic heterocycles. The molecule has 134 valence electrons. The van der Waals surface area contributed by atoms with Crippen LogP contribution in [0.25, 0.3) is 11.3 Å². The van der Waals surface area contributed by atoms with E-state index in [2.05, 4.69) is 5.16 Å². The smallest absolute Gasteiger partial charge is 0.263 e. The minimum Gasteiger partial charge on any atom is -0.360 e. The van der Waals surface area contributed by atoms with E-state index in [0.717, 1.165) is 16.8 Å². The fraction of sp³-hybridized carbons (Fsp3) is 0.200. The summed E-state index contributed by atoms with van der Waals surface area (Å²) in [5, 5.41) is 4.06. The predicted molar refractivity (Wildman–Crippen MR) is 100 cm³/mol. The molecule has 2 aromatic carbocycles. The van der Waals surface area contributed by atoms with Crippen LogP contribution in [0.4, 0.5) is 10.1 Å². The minimum absolute atomic E-state index is 0.0587. The Hall–Kier alpha value is -2.66. The Morgan fingerprint density at radius 1 is 1.19 bits per heavy atom. The minimum atomic E-state index is -0.561. The molecule has 4 nitrogen and oxygen atoms in total. The second kappa shape index (κ2) is 6.92. The Kier molecular flexibility index (Phi) is 4.83. The highest BCUT2D eigenvalue weighted by Gasteiger charge is 2.28. The molecule has 3 aromatic rings. The van der Waals surface area contributed by atoms with Crippen molar-refractivity contribution in [2.45, 2.75) is 20.8 Å². The predicted octanol–water partition coefficient (Wildman–Crippen LogP) is 5.34. The zero-order chi connectivity index (χ0) is 19.0. The highest BCUT2D eigenvalue weighted by Crippen LogP contribution is 2.34. The monoisotopic (exact) mass is 372 g/mol. The number of rotatable bonds is 3. The molecule has 0 atom stereocenters. The maximum atomic E-state index is 14.3. The van der Waals surface area contributed by atoms with Crippen LogP contribution in [0.1, 0.15) is 27.2 Å². The maximum absolute atomic E-state index is 14.3. The van der Waals surface area contributed by atoms with Gasteiger partial charge in [0.25, 0.3) is 5.91 Å². The molecule has 1 heterocycles. The van der Waals surface area contributed by atoms with Gasteiger partial charge in [0.05, 0.1) is 10.6 Å². The number of anilines is 1. The molecule has 0 aliphatic rings. The molecule has 0 aliphatic heterocycles. The van der Waals surface area contributed by atoms with Crippen LogP contribution in [-0.2, 0) is 0 Å². The lowest BCUT2D eigenvalue weighted by Gasteiger charge is -2.20. The Balaban J connectivity index is 2.10. The third-order valence-corrected chi connectivity index (χ3v) is 4.61. The number of aryl methyl sites for hydroxylation is 3. The van der Waals surface area contributed by atoms with Crippen LogP contribution in [0.2, 0.25) is 5.02 Å². The van der Waals surface area contributed by atoms with Gasteiger partial charge in [-0.1, -0.05) is 40.5 Å². The van der Waals surface area contributed by atoms with Crippen molar-refractivity contribution in [2.75, 3.05) is 11.9 Å². The van der Waals surface area contributed by atoms with Gasteiger partial charge < -0.3 is 9.42 Å². The summed E-state index contributed by atoms with van der Waals surface area (Å²) in [5.74, 6) is -0.597. The van der Waals surface area contributed by atoms with Gasteiger partial charge in [-0.05, 0) is 44.5 Å². The Morgan fingerprint density at radius 2 is 1.92 bits per heavy atom. The van der Waals surface area contributed by atoms with Crippen LogP contribution >= 0.6 is 11.6 Å². The molecule has 0 saturated carbocycles. The van der Waals surface area contributed by atoms with E-state index in [-0.39, 0.29) is 27.8 Å². The second-order valence-corrected chi connectivity index (χ2v) is 6.62. The number of hydrogen-bond acceptors (Lipinski definition) is 3. The molecule has 0 radical (unpaired) electrons. The van der Waals surface area contributed by atoms with Crippen LogP contribution in [0.15, 0.2) is 40.9 Å². The van der Waals surface area contributed by atoms with E-state index in [1.807, 2.05) is 32.0 Å². The number of nitrogens with zero attached hydrogens (tertiary/aromatic N) is 2. The van der Waals surface area contributed by atoms with E-state index in [4.69, 9.17) is 16.1 Å².